The summed E-state index contributed by atoms with van der Waals surface area (Å²) in [6.45, 7) is 5.67. The van der Waals surface area contributed by atoms with Crippen LogP contribution in [-0.4, -0.2) is 44.8 Å². The Morgan fingerprint density at radius 1 is 1.43 bits per heavy atom. The zero-order valence-electron chi connectivity index (χ0n) is 12.6. The third kappa shape index (κ3) is 3.33. The normalized spacial score (nSPS) is 19.9. The lowest BCUT2D eigenvalue weighted by Gasteiger charge is -2.25. The quantitative estimate of drug-likeness (QED) is 0.684. The summed E-state index contributed by atoms with van der Waals surface area (Å²) < 4.78 is 0. The lowest BCUT2D eigenvalue weighted by Crippen LogP contribution is -2.38. The summed E-state index contributed by atoms with van der Waals surface area (Å²) in [4.78, 5) is 11.9. The molecule has 21 heavy (non-hydrogen) atoms. The molecule has 3 rings (SSSR count). The zero-order chi connectivity index (χ0) is 14.9. The standard InChI is InChI=1S/C15H23N5O/c1-15(2,21)6-10-7-17-13-12(10)14(19-9-18-13)20-11-4-3-5-16-8-11/h7,9,11,16,21H,3-6,8H2,1-2H3,(H2,17,18,19,20)/t11-/m1/s1. The van der Waals surface area contributed by atoms with Gasteiger partial charge >= 0.3 is 0 Å². The van der Waals surface area contributed by atoms with Crippen LogP contribution >= 0.6 is 0 Å². The van der Waals surface area contributed by atoms with Crippen LogP contribution in [0.5, 0.6) is 0 Å². The van der Waals surface area contributed by atoms with Crippen LogP contribution in [0.4, 0.5) is 5.82 Å². The average molecular weight is 289 g/mol. The van der Waals surface area contributed by atoms with Crippen LogP contribution < -0.4 is 10.6 Å². The van der Waals surface area contributed by atoms with Gasteiger partial charge in [0.25, 0.3) is 0 Å². The molecule has 0 saturated carbocycles. The van der Waals surface area contributed by atoms with Gasteiger partial charge in [-0.1, -0.05) is 0 Å². The molecule has 0 radical (unpaired) electrons. The number of fused-ring (bicyclic) bond motifs is 1. The molecular weight excluding hydrogens is 266 g/mol. The molecule has 1 aliphatic rings. The lowest BCUT2D eigenvalue weighted by atomic mass is 9.99. The van der Waals surface area contributed by atoms with Gasteiger partial charge in [-0.15, -0.1) is 0 Å². The summed E-state index contributed by atoms with van der Waals surface area (Å²) >= 11 is 0. The zero-order valence-corrected chi connectivity index (χ0v) is 12.6. The van der Waals surface area contributed by atoms with Crippen molar-refractivity contribution in [3.8, 4) is 0 Å². The number of anilines is 1. The predicted octanol–water partition coefficient (Wildman–Crippen LogP) is 1.44. The van der Waals surface area contributed by atoms with E-state index in [1.807, 2.05) is 20.0 Å². The van der Waals surface area contributed by atoms with Crippen LogP contribution in [0.1, 0.15) is 32.3 Å². The van der Waals surface area contributed by atoms with E-state index in [0.29, 0.717) is 12.5 Å². The summed E-state index contributed by atoms with van der Waals surface area (Å²) in [5.41, 5.74) is 1.11. The van der Waals surface area contributed by atoms with Crippen LogP contribution in [0.2, 0.25) is 0 Å². The minimum Gasteiger partial charge on any atom is -0.390 e. The first-order valence-electron chi connectivity index (χ1n) is 7.53. The Kier molecular flexibility index (Phi) is 3.82. The average Bonchev–Trinajstić information content (AvgIpc) is 2.82. The second-order valence-electron chi connectivity index (χ2n) is 6.44. The van der Waals surface area contributed by atoms with Gasteiger partial charge in [0, 0.05) is 25.2 Å². The molecule has 1 saturated heterocycles. The van der Waals surface area contributed by atoms with E-state index in [0.717, 1.165) is 41.9 Å². The number of aliphatic hydroxyl groups is 1. The maximum atomic E-state index is 10.1. The van der Waals surface area contributed by atoms with Gasteiger partial charge in [0.1, 0.15) is 17.8 Å². The second-order valence-corrected chi connectivity index (χ2v) is 6.44. The van der Waals surface area contributed by atoms with Crippen molar-refractivity contribution in [1.29, 1.82) is 0 Å². The molecule has 6 nitrogen and oxygen atoms in total. The third-order valence-corrected chi connectivity index (χ3v) is 3.81. The van der Waals surface area contributed by atoms with Crippen molar-refractivity contribution >= 4 is 16.9 Å². The first-order valence-corrected chi connectivity index (χ1v) is 7.53. The number of rotatable bonds is 4. The topological polar surface area (TPSA) is 85.9 Å². The highest BCUT2D eigenvalue weighted by atomic mass is 16.3. The highest BCUT2D eigenvalue weighted by Crippen LogP contribution is 2.27. The molecule has 2 aromatic rings. The number of aromatic amines is 1. The molecule has 4 N–H and O–H groups in total. The summed E-state index contributed by atoms with van der Waals surface area (Å²) in [7, 11) is 0. The summed E-state index contributed by atoms with van der Waals surface area (Å²) in [6, 6.07) is 0.390. The SMILES string of the molecule is CC(C)(O)Cc1c[nH]c2ncnc(N[C@@H]3CCCNC3)c12. The maximum Gasteiger partial charge on any atom is 0.143 e. The van der Waals surface area contributed by atoms with Crippen LogP contribution in [-0.2, 0) is 6.42 Å². The molecule has 0 aliphatic carbocycles. The summed E-state index contributed by atoms with van der Waals surface area (Å²) in [5.74, 6) is 0.856. The molecule has 1 atom stereocenters. The van der Waals surface area contributed by atoms with Crippen LogP contribution in [0.15, 0.2) is 12.5 Å². The molecule has 2 aromatic heterocycles. The number of nitrogens with zero attached hydrogens (tertiary/aromatic N) is 2. The Morgan fingerprint density at radius 3 is 3.00 bits per heavy atom. The van der Waals surface area contributed by atoms with Gasteiger partial charge in [-0.2, -0.15) is 0 Å². The van der Waals surface area contributed by atoms with E-state index < -0.39 is 5.60 Å². The molecule has 6 heteroatoms. The van der Waals surface area contributed by atoms with Gasteiger partial charge in [-0.25, -0.2) is 9.97 Å². The van der Waals surface area contributed by atoms with Crippen LogP contribution in [0.3, 0.4) is 0 Å². The first kappa shape index (κ1) is 14.3. The Hall–Kier alpha value is -1.66. The molecule has 0 spiro atoms. The van der Waals surface area contributed by atoms with Gasteiger partial charge in [-0.05, 0) is 38.8 Å². The van der Waals surface area contributed by atoms with Crippen molar-refractivity contribution in [3.63, 3.8) is 0 Å². The van der Waals surface area contributed by atoms with Crippen LogP contribution in [0.25, 0.3) is 11.0 Å². The van der Waals surface area contributed by atoms with Crippen molar-refractivity contribution in [3.05, 3.63) is 18.1 Å². The molecule has 1 aliphatic heterocycles. The summed E-state index contributed by atoms with van der Waals surface area (Å²) in [6.07, 6.45) is 6.38. The molecule has 114 valence electrons. The fourth-order valence-electron chi connectivity index (χ4n) is 2.91. The second kappa shape index (κ2) is 5.61. The number of aromatic nitrogens is 3. The molecule has 0 unspecified atom stereocenters. The van der Waals surface area contributed by atoms with Gasteiger partial charge in [0.05, 0.1) is 11.0 Å². The molecule has 0 bridgehead atoms. The monoisotopic (exact) mass is 289 g/mol. The van der Waals surface area contributed by atoms with E-state index in [1.54, 1.807) is 6.33 Å². The largest absolute Gasteiger partial charge is 0.390 e. The first-order chi connectivity index (χ1) is 10.0. The van der Waals surface area contributed by atoms with E-state index in [-0.39, 0.29) is 0 Å². The molecular formula is C15H23N5O. The highest BCUT2D eigenvalue weighted by Gasteiger charge is 2.20. The maximum absolute atomic E-state index is 10.1. The lowest BCUT2D eigenvalue weighted by molar-refractivity contribution is 0.0813. The number of hydrogen-bond donors (Lipinski definition) is 4. The minimum atomic E-state index is -0.755. The van der Waals surface area contributed by atoms with Crippen molar-refractivity contribution in [1.82, 2.24) is 20.3 Å². The number of hydrogen-bond acceptors (Lipinski definition) is 5. The van der Waals surface area contributed by atoms with E-state index in [9.17, 15) is 5.11 Å². The smallest absolute Gasteiger partial charge is 0.143 e. The van der Waals surface area contributed by atoms with E-state index in [2.05, 4.69) is 25.6 Å². The Labute approximate surface area is 124 Å². The molecule has 0 amide bonds. The highest BCUT2D eigenvalue weighted by molar-refractivity contribution is 5.90. The van der Waals surface area contributed by atoms with Crippen molar-refractivity contribution in [2.45, 2.75) is 44.8 Å². The third-order valence-electron chi connectivity index (χ3n) is 3.81. The number of piperidine rings is 1. The van der Waals surface area contributed by atoms with Gasteiger partial charge in [-0.3, -0.25) is 0 Å². The molecule has 1 fully saturated rings. The molecule has 3 heterocycles. The minimum absolute atomic E-state index is 0.390. The Bertz CT molecular complexity index is 610. The van der Waals surface area contributed by atoms with Crippen LogP contribution in [0, 0.1) is 0 Å². The van der Waals surface area contributed by atoms with Crippen molar-refractivity contribution in [2.24, 2.45) is 0 Å². The number of nitrogens with one attached hydrogen (secondary N) is 3. The Morgan fingerprint density at radius 2 is 2.29 bits per heavy atom. The number of H-pyrrole nitrogens is 1. The van der Waals surface area contributed by atoms with Crippen molar-refractivity contribution in [2.75, 3.05) is 18.4 Å². The van der Waals surface area contributed by atoms with Gasteiger partial charge < -0.3 is 20.7 Å². The predicted molar refractivity (Wildman–Crippen MR) is 83.4 cm³/mol. The fraction of sp³-hybridized carbons (Fsp3) is 0.600. The molecule has 0 aromatic carbocycles. The van der Waals surface area contributed by atoms with E-state index in [4.69, 9.17) is 0 Å². The fourth-order valence-corrected chi connectivity index (χ4v) is 2.91. The van der Waals surface area contributed by atoms with Crippen molar-refractivity contribution < 1.29 is 5.11 Å². The summed E-state index contributed by atoms with van der Waals surface area (Å²) in [5, 5.41) is 18.0. The Balaban J connectivity index is 1.91. The van der Waals surface area contributed by atoms with Gasteiger partial charge in [0.15, 0.2) is 0 Å². The van der Waals surface area contributed by atoms with E-state index >= 15 is 0 Å². The van der Waals surface area contributed by atoms with E-state index in [1.165, 1.54) is 6.42 Å². The van der Waals surface area contributed by atoms with Gasteiger partial charge in [0.2, 0.25) is 0 Å².